The molecule has 0 unspecified atom stereocenters. The molecule has 6 nitrogen and oxygen atoms in total. The second-order valence-corrected chi connectivity index (χ2v) is 6.77. The van der Waals surface area contributed by atoms with Crippen LogP contribution in [0.4, 0.5) is 0 Å². The number of hydrogen-bond acceptors (Lipinski definition) is 7. The van der Waals surface area contributed by atoms with E-state index in [4.69, 9.17) is 14.2 Å². The van der Waals surface area contributed by atoms with Gasteiger partial charge in [-0.3, -0.25) is 4.99 Å². The van der Waals surface area contributed by atoms with Crippen LogP contribution in [-0.4, -0.2) is 39.3 Å². The highest BCUT2D eigenvalue weighted by atomic mass is 32.1. The second kappa shape index (κ2) is 8.20. The summed E-state index contributed by atoms with van der Waals surface area (Å²) < 4.78 is 18.1. The van der Waals surface area contributed by atoms with Gasteiger partial charge in [0.1, 0.15) is 0 Å². The van der Waals surface area contributed by atoms with Crippen LogP contribution in [0.25, 0.3) is 11.3 Å². The number of benzene rings is 1. The van der Waals surface area contributed by atoms with Crippen molar-refractivity contribution in [2.24, 2.45) is 10.1 Å². The molecule has 26 heavy (non-hydrogen) atoms. The van der Waals surface area contributed by atoms with Gasteiger partial charge in [0.25, 0.3) is 0 Å². The number of aromatic nitrogens is 1. The van der Waals surface area contributed by atoms with Crippen LogP contribution in [0.3, 0.4) is 0 Å². The molecule has 0 bridgehead atoms. The van der Waals surface area contributed by atoms with Gasteiger partial charge in [-0.1, -0.05) is 0 Å². The third kappa shape index (κ3) is 3.51. The number of hydrogen-bond donors (Lipinski definition) is 0. The zero-order valence-electron chi connectivity index (χ0n) is 14.9. The predicted octanol–water partition coefficient (Wildman–Crippen LogP) is 3.72. The average Bonchev–Trinajstić information content (AvgIpc) is 3.34. The maximum Gasteiger partial charge on any atom is 0.205 e. The number of thiazole rings is 1. The van der Waals surface area contributed by atoms with Crippen molar-refractivity contribution in [3.8, 4) is 28.5 Å². The monoisotopic (exact) mass is 389 g/mol. The molecule has 0 fully saturated rings. The van der Waals surface area contributed by atoms with E-state index in [-0.39, 0.29) is 0 Å². The molecule has 0 aliphatic rings. The van der Waals surface area contributed by atoms with Crippen molar-refractivity contribution in [2.75, 3.05) is 28.4 Å². The first kappa shape index (κ1) is 18.2. The fourth-order valence-electron chi connectivity index (χ4n) is 2.46. The lowest BCUT2D eigenvalue weighted by Gasteiger charge is -2.14. The van der Waals surface area contributed by atoms with Gasteiger partial charge in [0, 0.05) is 23.6 Å². The van der Waals surface area contributed by atoms with E-state index in [1.54, 1.807) is 39.7 Å². The SMILES string of the molecule is CN=c1scc(-c2cc(OC)c(OC)c(OC)c2)n1N=Cc1ccsc1. The fraction of sp³-hybridized carbons (Fsp3) is 0.222. The highest BCUT2D eigenvalue weighted by Crippen LogP contribution is 2.41. The van der Waals surface area contributed by atoms with E-state index in [1.165, 1.54) is 11.3 Å². The van der Waals surface area contributed by atoms with Crippen LogP contribution < -0.4 is 19.0 Å². The molecular formula is C18H19N3O3S2. The maximum absolute atomic E-state index is 5.46. The van der Waals surface area contributed by atoms with E-state index in [1.807, 2.05) is 45.2 Å². The topological polar surface area (TPSA) is 57.3 Å². The van der Waals surface area contributed by atoms with Crippen molar-refractivity contribution in [3.05, 3.63) is 44.7 Å². The smallest absolute Gasteiger partial charge is 0.205 e. The van der Waals surface area contributed by atoms with Gasteiger partial charge in [0.2, 0.25) is 10.6 Å². The Labute approximate surface area is 159 Å². The van der Waals surface area contributed by atoms with E-state index < -0.39 is 0 Å². The molecule has 0 N–H and O–H groups in total. The van der Waals surface area contributed by atoms with Gasteiger partial charge >= 0.3 is 0 Å². The molecule has 0 spiro atoms. The standard InChI is InChI=1S/C18H19N3O3S2/c1-19-18-21(20-9-12-5-6-25-10-12)14(11-26-18)13-7-15(22-2)17(24-4)16(8-13)23-3/h5-11H,1-4H3. The molecular weight excluding hydrogens is 370 g/mol. The van der Waals surface area contributed by atoms with Gasteiger partial charge in [-0.25, -0.2) is 4.68 Å². The maximum atomic E-state index is 5.46. The molecule has 0 amide bonds. The lowest BCUT2D eigenvalue weighted by atomic mass is 10.1. The molecule has 0 saturated carbocycles. The fourth-order valence-corrected chi connectivity index (χ4v) is 3.88. The quantitative estimate of drug-likeness (QED) is 0.604. The van der Waals surface area contributed by atoms with Crippen molar-refractivity contribution >= 4 is 28.9 Å². The molecule has 2 aromatic heterocycles. The Bertz CT molecular complexity index is 947. The first-order valence-electron chi connectivity index (χ1n) is 7.72. The normalized spacial score (nSPS) is 11.9. The summed E-state index contributed by atoms with van der Waals surface area (Å²) in [5.74, 6) is 1.75. The van der Waals surface area contributed by atoms with Crippen LogP contribution in [0.2, 0.25) is 0 Å². The number of nitrogens with zero attached hydrogens (tertiary/aromatic N) is 3. The Morgan fingerprint density at radius 1 is 1.04 bits per heavy atom. The third-order valence-electron chi connectivity index (χ3n) is 3.70. The minimum absolute atomic E-state index is 0.558. The summed E-state index contributed by atoms with van der Waals surface area (Å²) in [6.45, 7) is 0. The average molecular weight is 390 g/mol. The molecule has 0 saturated heterocycles. The molecule has 2 heterocycles. The number of thiophene rings is 1. The third-order valence-corrected chi connectivity index (χ3v) is 5.31. The molecule has 136 valence electrons. The molecule has 0 radical (unpaired) electrons. The molecule has 0 atom stereocenters. The minimum atomic E-state index is 0.558. The molecule has 3 rings (SSSR count). The second-order valence-electron chi connectivity index (χ2n) is 5.15. The van der Waals surface area contributed by atoms with Crippen molar-refractivity contribution < 1.29 is 14.2 Å². The molecule has 1 aromatic carbocycles. The van der Waals surface area contributed by atoms with E-state index in [2.05, 4.69) is 10.1 Å². The van der Waals surface area contributed by atoms with Crippen LogP contribution in [-0.2, 0) is 0 Å². The van der Waals surface area contributed by atoms with Gasteiger partial charge in [0.15, 0.2) is 11.5 Å². The van der Waals surface area contributed by atoms with Crippen LogP contribution >= 0.6 is 22.7 Å². The van der Waals surface area contributed by atoms with Crippen LogP contribution in [0.5, 0.6) is 17.2 Å². The van der Waals surface area contributed by atoms with Gasteiger partial charge in [0.05, 0.1) is 33.2 Å². The van der Waals surface area contributed by atoms with Crippen molar-refractivity contribution in [1.29, 1.82) is 0 Å². The van der Waals surface area contributed by atoms with E-state index >= 15 is 0 Å². The van der Waals surface area contributed by atoms with E-state index in [9.17, 15) is 0 Å². The summed E-state index contributed by atoms with van der Waals surface area (Å²) in [7, 11) is 6.54. The van der Waals surface area contributed by atoms with Gasteiger partial charge in [-0.2, -0.15) is 16.4 Å². The van der Waals surface area contributed by atoms with Crippen LogP contribution in [0.1, 0.15) is 5.56 Å². The summed E-state index contributed by atoms with van der Waals surface area (Å²) in [6.07, 6.45) is 1.82. The van der Waals surface area contributed by atoms with Gasteiger partial charge in [-0.15, -0.1) is 11.3 Å². The zero-order valence-corrected chi connectivity index (χ0v) is 16.6. The van der Waals surface area contributed by atoms with Gasteiger partial charge in [-0.05, 0) is 29.0 Å². The number of methoxy groups -OCH3 is 3. The minimum Gasteiger partial charge on any atom is -0.493 e. The summed E-state index contributed by atoms with van der Waals surface area (Å²) in [5.41, 5.74) is 2.83. The first-order chi connectivity index (χ1) is 12.7. The van der Waals surface area contributed by atoms with Crippen molar-refractivity contribution in [2.45, 2.75) is 0 Å². The molecule has 0 aliphatic carbocycles. The largest absolute Gasteiger partial charge is 0.493 e. The Morgan fingerprint density at radius 2 is 1.77 bits per heavy atom. The van der Waals surface area contributed by atoms with Crippen LogP contribution in [0.15, 0.2) is 44.4 Å². The molecule has 8 heteroatoms. The highest BCUT2D eigenvalue weighted by molar-refractivity contribution is 7.08. The summed E-state index contributed by atoms with van der Waals surface area (Å²) in [5, 5.41) is 10.7. The Hall–Kier alpha value is -2.58. The van der Waals surface area contributed by atoms with Crippen LogP contribution in [0, 0.1) is 0 Å². The van der Waals surface area contributed by atoms with Crippen molar-refractivity contribution in [1.82, 2.24) is 4.68 Å². The number of rotatable bonds is 6. The molecule has 0 aliphatic heterocycles. The van der Waals surface area contributed by atoms with E-state index in [0.717, 1.165) is 21.6 Å². The summed E-state index contributed by atoms with van der Waals surface area (Å²) in [4.78, 5) is 5.11. The summed E-state index contributed by atoms with van der Waals surface area (Å²) >= 11 is 3.15. The first-order valence-corrected chi connectivity index (χ1v) is 9.54. The summed E-state index contributed by atoms with van der Waals surface area (Å²) in [6, 6.07) is 5.82. The lowest BCUT2D eigenvalue weighted by molar-refractivity contribution is 0.324. The van der Waals surface area contributed by atoms with E-state index in [0.29, 0.717) is 17.2 Å². The lowest BCUT2D eigenvalue weighted by Crippen LogP contribution is -2.11. The van der Waals surface area contributed by atoms with Gasteiger partial charge < -0.3 is 14.2 Å². The Morgan fingerprint density at radius 3 is 2.31 bits per heavy atom. The number of ether oxygens (including phenoxy) is 3. The molecule has 3 aromatic rings. The highest BCUT2D eigenvalue weighted by Gasteiger charge is 2.16. The predicted molar refractivity (Wildman–Crippen MR) is 106 cm³/mol. The zero-order chi connectivity index (χ0) is 18.5. The Kier molecular flexibility index (Phi) is 5.75. The van der Waals surface area contributed by atoms with Crippen molar-refractivity contribution in [3.63, 3.8) is 0 Å². The Balaban J connectivity index is 2.14.